The van der Waals surface area contributed by atoms with E-state index in [4.69, 9.17) is 9.47 Å². The highest BCUT2D eigenvalue weighted by atomic mass is 31.2. The molecule has 0 bridgehead atoms. The number of esters is 1. The normalized spacial score (nSPS) is 12.5. The zero-order chi connectivity index (χ0) is 20.7. The molecule has 0 heterocycles. The van der Waals surface area contributed by atoms with Gasteiger partial charge < -0.3 is 14.6 Å². The topological polar surface area (TPSA) is 58.6 Å². The maximum atomic E-state index is 12.4. The van der Waals surface area contributed by atoms with Crippen molar-refractivity contribution in [1.29, 1.82) is 0 Å². The molecule has 0 fully saturated rings. The van der Waals surface area contributed by atoms with E-state index in [-0.39, 0.29) is 18.8 Å². The first kappa shape index (κ1) is 26.0. The van der Waals surface area contributed by atoms with E-state index >= 15 is 0 Å². The number of hydrogen-bond acceptors (Lipinski definition) is 4. The van der Waals surface area contributed by atoms with Gasteiger partial charge in [-0.3, -0.25) is 0 Å². The fraction of sp³-hybridized carbons (Fsp3) is 0.773. The summed E-state index contributed by atoms with van der Waals surface area (Å²) in [5, 5.41) is 12.4. The smallest absolute Gasteiger partial charge is 0.340 e. The molecule has 0 aliphatic rings. The third kappa shape index (κ3) is 9.65. The van der Waals surface area contributed by atoms with Crippen molar-refractivity contribution in [3.63, 3.8) is 0 Å². The standard InChI is InChI=1S/C22H41O4P/c1-7-12-15-27(16-13-8-2,17-14-9-3)18-19(6)20(21(23)25-10-4)22(24)26-11-5/h6-18H2,1-5H3. The minimum Gasteiger partial charge on any atom is -0.613 e. The van der Waals surface area contributed by atoms with E-state index in [1.807, 2.05) is 0 Å². The minimum atomic E-state index is -1.31. The summed E-state index contributed by atoms with van der Waals surface area (Å²) in [6, 6.07) is 0. The molecule has 0 amide bonds. The molecule has 0 saturated heterocycles. The first-order chi connectivity index (χ1) is 12.9. The van der Waals surface area contributed by atoms with Crippen LogP contribution in [-0.2, 0) is 14.3 Å². The Kier molecular flexibility index (Phi) is 14.4. The highest BCUT2D eigenvalue weighted by Crippen LogP contribution is 2.62. The first-order valence-electron chi connectivity index (χ1n) is 10.7. The van der Waals surface area contributed by atoms with Crippen LogP contribution >= 0.6 is 7.26 Å². The third-order valence-electron chi connectivity index (χ3n) is 4.80. The highest BCUT2D eigenvalue weighted by molar-refractivity contribution is 7.76. The Labute approximate surface area is 167 Å². The molecule has 0 unspecified atom stereocenters. The van der Waals surface area contributed by atoms with Crippen molar-refractivity contribution >= 4 is 13.2 Å². The van der Waals surface area contributed by atoms with Gasteiger partial charge in [0.15, 0.2) is 0 Å². The summed E-state index contributed by atoms with van der Waals surface area (Å²) in [5.74, 6) is -1.19. The van der Waals surface area contributed by atoms with E-state index in [1.54, 1.807) is 13.8 Å². The number of rotatable bonds is 16. The van der Waals surface area contributed by atoms with Crippen LogP contribution in [0.3, 0.4) is 0 Å². The SMILES string of the molecule is C=C(C[P+](CCCC)(CCCC)CCCC)/C(C(=O)OCC)=C(/[O-])OCC. The van der Waals surface area contributed by atoms with E-state index in [1.165, 1.54) is 57.0 Å². The van der Waals surface area contributed by atoms with Crippen LogP contribution in [0.2, 0.25) is 0 Å². The summed E-state index contributed by atoms with van der Waals surface area (Å²) in [6.45, 7) is 14.8. The molecule has 0 aromatic carbocycles. The van der Waals surface area contributed by atoms with Gasteiger partial charge in [-0.25, -0.2) is 4.79 Å². The second-order valence-corrected chi connectivity index (χ2v) is 11.5. The molecule has 0 saturated carbocycles. The summed E-state index contributed by atoms with van der Waals surface area (Å²) in [5.41, 5.74) is 0.635. The second kappa shape index (κ2) is 15.0. The molecule has 0 radical (unpaired) electrons. The molecule has 0 aliphatic carbocycles. The van der Waals surface area contributed by atoms with E-state index in [9.17, 15) is 9.90 Å². The van der Waals surface area contributed by atoms with E-state index < -0.39 is 19.2 Å². The molecule has 0 atom stereocenters. The van der Waals surface area contributed by atoms with Gasteiger partial charge in [-0.05, 0) is 38.4 Å². The van der Waals surface area contributed by atoms with Crippen LogP contribution in [0.4, 0.5) is 0 Å². The Hall–Kier alpha value is -1.02. The summed E-state index contributed by atoms with van der Waals surface area (Å²) in [4.78, 5) is 12.4. The summed E-state index contributed by atoms with van der Waals surface area (Å²) >= 11 is 0. The molecule has 0 N–H and O–H groups in total. The molecule has 0 aliphatic heterocycles. The summed E-state index contributed by atoms with van der Waals surface area (Å²) in [7, 11) is -1.31. The lowest BCUT2D eigenvalue weighted by Gasteiger charge is -2.30. The third-order valence-corrected chi connectivity index (χ3v) is 9.64. The van der Waals surface area contributed by atoms with Gasteiger partial charge in [-0.2, -0.15) is 0 Å². The second-order valence-electron chi connectivity index (χ2n) is 7.15. The number of unbranched alkanes of at least 4 members (excludes halogenated alkanes) is 3. The zero-order valence-corrected chi connectivity index (χ0v) is 19.2. The Balaban J connectivity index is 5.72. The maximum Gasteiger partial charge on any atom is 0.340 e. The van der Waals surface area contributed by atoms with Gasteiger partial charge in [0.1, 0.15) is 0 Å². The van der Waals surface area contributed by atoms with Crippen LogP contribution in [0.1, 0.15) is 73.1 Å². The summed E-state index contributed by atoms with van der Waals surface area (Å²) in [6.07, 6.45) is 11.5. The molecule has 0 spiro atoms. The van der Waals surface area contributed by atoms with Gasteiger partial charge in [0.05, 0.1) is 42.8 Å². The lowest BCUT2D eigenvalue weighted by atomic mass is 10.1. The molecular weight excluding hydrogens is 359 g/mol. The maximum absolute atomic E-state index is 12.4. The quantitative estimate of drug-likeness (QED) is 0.118. The molecule has 5 heteroatoms. The Morgan fingerprint density at radius 3 is 1.67 bits per heavy atom. The number of ether oxygens (including phenoxy) is 2. The van der Waals surface area contributed by atoms with Crippen molar-refractivity contribution in [1.82, 2.24) is 0 Å². The van der Waals surface area contributed by atoms with Crippen LogP contribution in [-0.4, -0.2) is 43.8 Å². The Morgan fingerprint density at radius 1 is 0.852 bits per heavy atom. The van der Waals surface area contributed by atoms with Crippen LogP contribution in [0, 0.1) is 0 Å². The summed E-state index contributed by atoms with van der Waals surface area (Å²) < 4.78 is 10.3. The largest absolute Gasteiger partial charge is 0.613 e. The zero-order valence-electron chi connectivity index (χ0n) is 18.3. The van der Waals surface area contributed by atoms with Gasteiger partial charge in [-0.1, -0.05) is 53.5 Å². The molecule has 27 heavy (non-hydrogen) atoms. The average molecular weight is 401 g/mol. The minimum absolute atomic E-state index is 0.0209. The van der Waals surface area contributed by atoms with Gasteiger partial charge in [0.25, 0.3) is 0 Å². The van der Waals surface area contributed by atoms with Gasteiger partial charge in [0, 0.05) is 7.26 Å². The lowest BCUT2D eigenvalue weighted by Crippen LogP contribution is -2.23. The lowest BCUT2D eigenvalue weighted by molar-refractivity contribution is -0.357. The molecular formula is C22H41O4P. The Bertz CT molecular complexity index is 449. The molecule has 0 aromatic heterocycles. The van der Waals surface area contributed by atoms with Crippen molar-refractivity contribution in [2.75, 3.05) is 37.9 Å². The van der Waals surface area contributed by atoms with E-state index in [0.29, 0.717) is 5.57 Å². The first-order valence-corrected chi connectivity index (χ1v) is 13.2. The van der Waals surface area contributed by atoms with Crippen molar-refractivity contribution in [3.8, 4) is 0 Å². The van der Waals surface area contributed by atoms with Crippen LogP contribution in [0.25, 0.3) is 0 Å². The predicted molar refractivity (Wildman–Crippen MR) is 116 cm³/mol. The molecule has 4 nitrogen and oxygen atoms in total. The fourth-order valence-electron chi connectivity index (χ4n) is 3.32. The van der Waals surface area contributed by atoms with Crippen molar-refractivity contribution in [2.45, 2.75) is 73.1 Å². The van der Waals surface area contributed by atoms with Crippen molar-refractivity contribution in [2.24, 2.45) is 0 Å². The number of hydrogen-bond donors (Lipinski definition) is 0. The number of carbonyl (C=O) groups is 1. The molecule has 0 aromatic rings. The average Bonchev–Trinajstić information content (AvgIpc) is 2.63. The van der Waals surface area contributed by atoms with Crippen molar-refractivity contribution < 1.29 is 19.4 Å². The van der Waals surface area contributed by atoms with Crippen LogP contribution in [0.15, 0.2) is 23.7 Å². The molecule has 0 rings (SSSR count). The Morgan fingerprint density at radius 2 is 1.30 bits per heavy atom. The van der Waals surface area contributed by atoms with Gasteiger partial charge >= 0.3 is 5.97 Å². The highest BCUT2D eigenvalue weighted by Gasteiger charge is 2.37. The van der Waals surface area contributed by atoms with Crippen LogP contribution in [0.5, 0.6) is 0 Å². The van der Waals surface area contributed by atoms with Crippen LogP contribution < -0.4 is 5.11 Å². The monoisotopic (exact) mass is 400 g/mol. The van der Waals surface area contributed by atoms with E-state index in [0.717, 1.165) is 6.16 Å². The van der Waals surface area contributed by atoms with E-state index in [2.05, 4.69) is 27.4 Å². The predicted octanol–water partition coefficient (Wildman–Crippen LogP) is 5.13. The van der Waals surface area contributed by atoms with Gasteiger partial charge in [0.2, 0.25) is 0 Å². The number of carbonyl (C=O) groups excluding carboxylic acids is 1. The molecule has 158 valence electrons. The van der Waals surface area contributed by atoms with Gasteiger partial charge in [-0.15, -0.1) is 0 Å². The fourth-order valence-corrected chi connectivity index (χ4v) is 8.39. The van der Waals surface area contributed by atoms with Crippen molar-refractivity contribution in [3.05, 3.63) is 23.7 Å².